The second-order valence-corrected chi connectivity index (χ2v) is 8.42. The van der Waals surface area contributed by atoms with Crippen LogP contribution in [0, 0.1) is 0 Å². The molecule has 3 aromatic carbocycles. The molecule has 0 bridgehead atoms. The van der Waals surface area contributed by atoms with E-state index in [1.807, 2.05) is 24.3 Å². The number of hydrogen-bond donors (Lipinski definition) is 2. The van der Waals surface area contributed by atoms with Crippen LogP contribution in [0.1, 0.15) is 15.9 Å². The molecule has 0 saturated carbocycles. The van der Waals surface area contributed by atoms with Crippen molar-refractivity contribution in [1.82, 2.24) is 10.3 Å². The van der Waals surface area contributed by atoms with Crippen LogP contribution < -0.4 is 10.1 Å². The minimum Gasteiger partial charge on any atom is -0.456 e. The molecule has 172 valence electrons. The molecule has 0 spiro atoms. The van der Waals surface area contributed by atoms with Crippen molar-refractivity contribution in [3.63, 3.8) is 0 Å². The molecule has 4 aromatic rings. The zero-order chi connectivity index (χ0) is 23.9. The molecule has 1 heterocycles. The lowest BCUT2D eigenvalue weighted by atomic mass is 10.1. The van der Waals surface area contributed by atoms with Crippen LogP contribution in [-0.2, 0) is 16.0 Å². The maximum absolute atomic E-state index is 12.9. The Balaban J connectivity index is 1.47. The predicted molar refractivity (Wildman–Crippen MR) is 131 cm³/mol. The van der Waals surface area contributed by atoms with E-state index >= 15 is 0 Å². The molecule has 1 amide bonds. The zero-order valence-corrected chi connectivity index (χ0v) is 19.6. The average Bonchev–Trinajstić information content (AvgIpc) is 3.26. The molecule has 0 radical (unpaired) electrons. The van der Waals surface area contributed by atoms with Crippen molar-refractivity contribution in [3.05, 3.63) is 101 Å². The molecule has 0 aliphatic heterocycles. The van der Waals surface area contributed by atoms with Gasteiger partial charge in [-0.25, -0.2) is 9.59 Å². The molecule has 8 heteroatoms. The van der Waals surface area contributed by atoms with Crippen LogP contribution in [0.3, 0.4) is 0 Å². The number of aromatic amines is 1. The number of fused-ring (bicyclic) bond motifs is 1. The number of benzene rings is 3. The van der Waals surface area contributed by atoms with Crippen LogP contribution in [0.4, 0.5) is 4.79 Å². The molecule has 4 rings (SSSR count). The number of carbonyl (C=O) groups is 3. The lowest BCUT2D eigenvalue weighted by Crippen LogP contribution is -2.45. The van der Waals surface area contributed by atoms with E-state index in [0.29, 0.717) is 11.3 Å². The van der Waals surface area contributed by atoms with Gasteiger partial charge in [0, 0.05) is 33.6 Å². The summed E-state index contributed by atoms with van der Waals surface area (Å²) in [5.41, 5.74) is 2.14. The number of hydrogen-bond acceptors (Lipinski definition) is 5. The summed E-state index contributed by atoms with van der Waals surface area (Å²) in [6, 6.07) is 21.8. The quantitative estimate of drug-likeness (QED) is 0.250. The number of halogens is 1. The minimum absolute atomic E-state index is 0.152. The first-order valence-corrected chi connectivity index (χ1v) is 11.3. The van der Waals surface area contributed by atoms with Gasteiger partial charge in [0.15, 0.2) is 12.4 Å². The normalized spacial score (nSPS) is 11.6. The van der Waals surface area contributed by atoms with Crippen LogP contribution in [-0.4, -0.2) is 35.5 Å². The summed E-state index contributed by atoms with van der Waals surface area (Å²) in [6.07, 6.45) is 1.13. The van der Waals surface area contributed by atoms with E-state index in [2.05, 4.69) is 26.2 Å². The Morgan fingerprint density at radius 3 is 2.38 bits per heavy atom. The molecule has 0 fully saturated rings. The van der Waals surface area contributed by atoms with Crippen molar-refractivity contribution in [3.8, 4) is 5.75 Å². The second kappa shape index (κ2) is 10.8. The summed E-state index contributed by atoms with van der Waals surface area (Å²) in [4.78, 5) is 41.0. The van der Waals surface area contributed by atoms with Crippen molar-refractivity contribution in [2.24, 2.45) is 0 Å². The van der Waals surface area contributed by atoms with Gasteiger partial charge in [0.1, 0.15) is 11.8 Å². The van der Waals surface area contributed by atoms with Gasteiger partial charge in [-0.3, -0.25) is 4.79 Å². The third-order valence-corrected chi connectivity index (χ3v) is 5.67. The van der Waals surface area contributed by atoms with E-state index in [1.54, 1.807) is 60.8 Å². The third kappa shape index (κ3) is 5.90. The predicted octanol–water partition coefficient (Wildman–Crippen LogP) is 5.06. The molecule has 0 unspecified atom stereocenters. The Hall–Kier alpha value is -3.91. The lowest BCUT2D eigenvalue weighted by molar-refractivity contribution is -0.144. The smallest absolute Gasteiger partial charge is 0.413 e. The number of nitrogens with one attached hydrogen (secondary N) is 2. The first kappa shape index (κ1) is 23.3. The van der Waals surface area contributed by atoms with Crippen LogP contribution in [0.2, 0.25) is 0 Å². The number of ether oxygens (including phenoxy) is 2. The fourth-order valence-corrected chi connectivity index (χ4v) is 3.70. The number of amides is 1. The van der Waals surface area contributed by atoms with Crippen molar-refractivity contribution < 1.29 is 23.9 Å². The molecular weight excluding hydrogens is 500 g/mol. The van der Waals surface area contributed by atoms with E-state index in [1.165, 1.54) is 0 Å². The highest BCUT2D eigenvalue weighted by Gasteiger charge is 2.26. The zero-order valence-electron chi connectivity index (χ0n) is 18.0. The minimum atomic E-state index is -1.06. The Bertz CT molecular complexity index is 1300. The first-order chi connectivity index (χ1) is 16.5. The maximum Gasteiger partial charge on any atom is 0.413 e. The Morgan fingerprint density at radius 2 is 1.62 bits per heavy atom. The number of esters is 1. The number of ketones is 1. The topological polar surface area (TPSA) is 97.5 Å². The third-order valence-electron chi connectivity index (χ3n) is 5.14. The van der Waals surface area contributed by atoms with E-state index in [9.17, 15) is 14.4 Å². The molecule has 2 N–H and O–H groups in total. The highest BCUT2D eigenvalue weighted by atomic mass is 79.9. The largest absolute Gasteiger partial charge is 0.456 e. The van der Waals surface area contributed by atoms with Gasteiger partial charge in [-0.15, -0.1) is 0 Å². The molecule has 34 heavy (non-hydrogen) atoms. The molecule has 1 aromatic heterocycles. The van der Waals surface area contributed by atoms with Crippen LogP contribution in [0.15, 0.2) is 89.5 Å². The van der Waals surface area contributed by atoms with E-state index in [-0.39, 0.29) is 12.2 Å². The fraction of sp³-hybridized carbons (Fsp3) is 0.115. The number of H-pyrrole nitrogens is 1. The number of rotatable bonds is 8. The monoisotopic (exact) mass is 520 g/mol. The molecule has 0 aliphatic rings. The first-order valence-electron chi connectivity index (χ1n) is 10.5. The van der Waals surface area contributed by atoms with Crippen molar-refractivity contribution in [2.75, 3.05) is 6.61 Å². The Kier molecular flexibility index (Phi) is 7.39. The summed E-state index contributed by atoms with van der Waals surface area (Å²) in [5, 5.41) is 3.49. The van der Waals surface area contributed by atoms with Gasteiger partial charge in [0.05, 0.1) is 0 Å². The summed E-state index contributed by atoms with van der Waals surface area (Å²) >= 11 is 3.32. The average molecular weight is 521 g/mol. The van der Waals surface area contributed by atoms with Crippen LogP contribution >= 0.6 is 15.9 Å². The van der Waals surface area contributed by atoms with Gasteiger partial charge in [0.25, 0.3) is 0 Å². The fourth-order valence-electron chi connectivity index (χ4n) is 3.44. The van der Waals surface area contributed by atoms with E-state index in [4.69, 9.17) is 9.47 Å². The van der Waals surface area contributed by atoms with Gasteiger partial charge in [-0.1, -0.05) is 64.5 Å². The van der Waals surface area contributed by atoms with Crippen molar-refractivity contribution in [2.45, 2.75) is 12.5 Å². The Labute approximate surface area is 204 Å². The number of Topliss-reactive ketones (excluding diaryl/α,β-unsaturated/α-hetero) is 1. The highest BCUT2D eigenvalue weighted by Crippen LogP contribution is 2.20. The number of para-hydroxylation sites is 2. The summed E-state index contributed by atoms with van der Waals surface area (Å²) in [6.45, 7) is -0.444. The van der Waals surface area contributed by atoms with Crippen molar-refractivity contribution >= 4 is 44.7 Å². The number of aromatic nitrogens is 1. The van der Waals surface area contributed by atoms with Gasteiger partial charge in [0.2, 0.25) is 0 Å². The molecule has 7 nitrogen and oxygen atoms in total. The van der Waals surface area contributed by atoms with Crippen LogP contribution in [0.25, 0.3) is 10.9 Å². The standard InChI is InChI=1S/C26H21BrN2O5/c27-19-12-10-17(11-13-19)24(30)16-33-25(31)23(29-26(32)34-20-6-2-1-3-7-20)14-18-15-28-22-9-5-4-8-21(18)22/h1-13,15,23,28H,14,16H2,(H,29,32)/t23-/m0/s1. The van der Waals surface area contributed by atoms with Gasteiger partial charge in [-0.05, 0) is 35.9 Å². The lowest BCUT2D eigenvalue weighted by Gasteiger charge is -2.17. The summed E-state index contributed by atoms with van der Waals surface area (Å²) in [5.74, 6) is -0.746. The highest BCUT2D eigenvalue weighted by molar-refractivity contribution is 9.10. The SMILES string of the molecule is O=C(N[C@@H](Cc1c[nH]c2ccccc12)C(=O)OCC(=O)c1ccc(Br)cc1)Oc1ccccc1. The molecule has 0 saturated heterocycles. The van der Waals surface area contributed by atoms with Gasteiger partial charge in [-0.2, -0.15) is 0 Å². The van der Waals surface area contributed by atoms with Gasteiger partial charge >= 0.3 is 12.1 Å². The van der Waals surface area contributed by atoms with E-state index < -0.39 is 24.7 Å². The molecular formula is C26H21BrN2O5. The van der Waals surface area contributed by atoms with Gasteiger partial charge < -0.3 is 19.8 Å². The second-order valence-electron chi connectivity index (χ2n) is 7.50. The summed E-state index contributed by atoms with van der Waals surface area (Å²) < 4.78 is 11.4. The number of carbonyl (C=O) groups excluding carboxylic acids is 3. The maximum atomic E-state index is 12.9. The molecule has 1 atom stereocenters. The van der Waals surface area contributed by atoms with E-state index in [0.717, 1.165) is 20.9 Å². The van der Waals surface area contributed by atoms with Crippen molar-refractivity contribution in [1.29, 1.82) is 0 Å². The van der Waals surface area contributed by atoms with Crippen LogP contribution in [0.5, 0.6) is 5.75 Å². The summed E-state index contributed by atoms with van der Waals surface area (Å²) in [7, 11) is 0. The Morgan fingerprint density at radius 1 is 0.912 bits per heavy atom. The molecule has 0 aliphatic carbocycles.